The molecule has 1 aromatic heterocycles. The Morgan fingerprint density at radius 1 is 1.40 bits per heavy atom. The van der Waals surface area contributed by atoms with Gasteiger partial charge in [0.15, 0.2) is 0 Å². The van der Waals surface area contributed by atoms with Gasteiger partial charge < -0.3 is 11.1 Å². The summed E-state index contributed by atoms with van der Waals surface area (Å²) in [5, 5.41) is 7.20. The molecular weight excluding hydrogens is 320 g/mol. The molecule has 0 aliphatic rings. The van der Waals surface area contributed by atoms with Crippen LogP contribution in [0.5, 0.6) is 0 Å². The molecule has 5 nitrogen and oxygen atoms in total. The monoisotopic (exact) mass is 336 g/mol. The van der Waals surface area contributed by atoms with Crippen molar-refractivity contribution in [2.24, 2.45) is 5.73 Å². The third-order valence-corrected chi connectivity index (χ3v) is 3.87. The predicted octanol–water partition coefficient (Wildman–Crippen LogP) is 2.36. The minimum atomic E-state index is -0.119. The van der Waals surface area contributed by atoms with Crippen molar-refractivity contribution in [3.05, 3.63) is 45.7 Å². The van der Waals surface area contributed by atoms with Crippen LogP contribution in [0.25, 0.3) is 0 Å². The molecule has 0 radical (unpaired) electrons. The molecule has 6 heteroatoms. The number of nitrogens with two attached hydrogens (primary N) is 1. The van der Waals surface area contributed by atoms with Gasteiger partial charge in [-0.05, 0) is 41.9 Å². The number of benzene rings is 1. The van der Waals surface area contributed by atoms with E-state index in [1.54, 1.807) is 4.68 Å². The highest BCUT2D eigenvalue weighted by molar-refractivity contribution is 9.10. The Balaban J connectivity index is 2.11. The maximum Gasteiger partial charge on any atom is 0.246 e. The summed E-state index contributed by atoms with van der Waals surface area (Å²) in [6, 6.07) is 7.49. The quantitative estimate of drug-likeness (QED) is 0.900. The molecule has 0 saturated heterocycles. The number of aryl methyl sites for hydroxylation is 1. The van der Waals surface area contributed by atoms with Gasteiger partial charge in [0.1, 0.15) is 6.54 Å². The van der Waals surface area contributed by atoms with Gasteiger partial charge in [0.2, 0.25) is 5.91 Å². The van der Waals surface area contributed by atoms with Gasteiger partial charge in [0, 0.05) is 22.3 Å². The van der Waals surface area contributed by atoms with Crippen LogP contribution in [-0.4, -0.2) is 15.7 Å². The number of amides is 1. The lowest BCUT2D eigenvalue weighted by molar-refractivity contribution is -0.116. The highest BCUT2D eigenvalue weighted by atomic mass is 79.9. The van der Waals surface area contributed by atoms with Gasteiger partial charge in [-0.15, -0.1) is 0 Å². The van der Waals surface area contributed by atoms with Crippen LogP contribution in [0.3, 0.4) is 0 Å². The Morgan fingerprint density at radius 2 is 2.10 bits per heavy atom. The van der Waals surface area contributed by atoms with Gasteiger partial charge in [-0.3, -0.25) is 9.48 Å². The summed E-state index contributed by atoms with van der Waals surface area (Å²) in [7, 11) is 0. The van der Waals surface area contributed by atoms with Crippen molar-refractivity contribution >= 4 is 27.5 Å². The molecule has 0 saturated carbocycles. The molecule has 0 aliphatic heterocycles. The molecule has 1 heterocycles. The Bertz CT molecular complexity index is 636. The summed E-state index contributed by atoms with van der Waals surface area (Å²) in [5.74, 6) is -0.119. The fourth-order valence-corrected chi connectivity index (χ4v) is 2.46. The van der Waals surface area contributed by atoms with Crippen LogP contribution in [0.15, 0.2) is 28.7 Å². The van der Waals surface area contributed by atoms with Crippen LogP contribution in [0.1, 0.15) is 17.0 Å². The van der Waals surface area contributed by atoms with Crippen molar-refractivity contribution < 1.29 is 4.79 Å². The lowest BCUT2D eigenvalue weighted by atomic mass is 10.2. The molecule has 106 valence electrons. The average Bonchev–Trinajstić information content (AvgIpc) is 2.67. The summed E-state index contributed by atoms with van der Waals surface area (Å²) in [5.41, 5.74) is 9.24. The molecule has 20 heavy (non-hydrogen) atoms. The Hall–Kier alpha value is -1.66. The third-order valence-electron chi connectivity index (χ3n) is 3.18. The Morgan fingerprint density at radius 3 is 2.70 bits per heavy atom. The molecule has 0 fully saturated rings. The Kier molecular flexibility index (Phi) is 4.57. The van der Waals surface area contributed by atoms with E-state index in [-0.39, 0.29) is 12.5 Å². The van der Waals surface area contributed by atoms with Crippen LogP contribution < -0.4 is 11.1 Å². The number of carbonyl (C=O) groups is 1. The molecule has 3 N–H and O–H groups in total. The van der Waals surface area contributed by atoms with Crippen LogP contribution in [0.4, 0.5) is 5.69 Å². The summed E-state index contributed by atoms with van der Waals surface area (Å²) >= 11 is 3.40. The van der Waals surface area contributed by atoms with Crippen molar-refractivity contribution in [2.45, 2.75) is 26.9 Å². The minimum absolute atomic E-state index is 0.119. The normalized spacial score (nSPS) is 10.6. The van der Waals surface area contributed by atoms with Crippen molar-refractivity contribution in [3.8, 4) is 0 Å². The van der Waals surface area contributed by atoms with Crippen molar-refractivity contribution in [1.29, 1.82) is 0 Å². The van der Waals surface area contributed by atoms with Crippen molar-refractivity contribution in [3.63, 3.8) is 0 Å². The average molecular weight is 337 g/mol. The number of nitrogens with zero attached hydrogens (tertiary/aromatic N) is 2. The Labute approximate surface area is 126 Å². The zero-order valence-corrected chi connectivity index (χ0v) is 13.1. The molecule has 0 atom stereocenters. The van der Waals surface area contributed by atoms with Gasteiger partial charge in [0.25, 0.3) is 0 Å². The number of anilines is 1. The number of para-hydroxylation sites is 1. The zero-order chi connectivity index (χ0) is 14.7. The summed E-state index contributed by atoms with van der Waals surface area (Å²) in [6.45, 7) is 4.43. The fraction of sp³-hybridized carbons (Fsp3) is 0.286. The molecule has 1 amide bonds. The van der Waals surface area contributed by atoms with E-state index in [0.717, 1.165) is 27.1 Å². The third kappa shape index (κ3) is 3.08. The van der Waals surface area contributed by atoms with E-state index in [2.05, 4.69) is 26.3 Å². The number of carbonyl (C=O) groups excluding carboxylic acids is 1. The molecule has 0 spiro atoms. The topological polar surface area (TPSA) is 72.9 Å². The second kappa shape index (κ2) is 6.19. The molecule has 2 aromatic rings. The standard InChI is InChI=1S/C14H17BrN4O/c1-9-11(7-16)10(2)19(18-9)8-14(20)17-13-6-4-3-5-12(13)15/h3-6H,7-8,16H2,1-2H3,(H,17,20). The first-order chi connectivity index (χ1) is 9.52. The second-order valence-electron chi connectivity index (χ2n) is 4.54. The fourth-order valence-electron chi connectivity index (χ4n) is 2.07. The molecular formula is C14H17BrN4O. The zero-order valence-electron chi connectivity index (χ0n) is 11.5. The number of aromatic nitrogens is 2. The number of rotatable bonds is 4. The van der Waals surface area contributed by atoms with Gasteiger partial charge in [-0.2, -0.15) is 5.10 Å². The number of hydrogen-bond donors (Lipinski definition) is 2. The molecule has 0 bridgehead atoms. The van der Waals surface area contributed by atoms with Crippen molar-refractivity contribution in [2.75, 3.05) is 5.32 Å². The summed E-state index contributed by atoms with van der Waals surface area (Å²) in [4.78, 5) is 12.1. The van der Waals surface area contributed by atoms with Gasteiger partial charge in [0.05, 0.1) is 11.4 Å². The number of nitrogens with one attached hydrogen (secondary N) is 1. The largest absolute Gasteiger partial charge is 0.326 e. The lowest BCUT2D eigenvalue weighted by Gasteiger charge is -2.08. The predicted molar refractivity (Wildman–Crippen MR) is 82.4 cm³/mol. The maximum absolute atomic E-state index is 12.1. The first-order valence-corrected chi connectivity index (χ1v) is 7.09. The second-order valence-corrected chi connectivity index (χ2v) is 5.39. The first kappa shape index (κ1) is 14.7. The molecule has 0 unspecified atom stereocenters. The van der Waals surface area contributed by atoms with E-state index in [1.165, 1.54) is 0 Å². The van der Waals surface area contributed by atoms with E-state index in [4.69, 9.17) is 5.73 Å². The van der Waals surface area contributed by atoms with Crippen LogP contribution >= 0.6 is 15.9 Å². The highest BCUT2D eigenvalue weighted by Crippen LogP contribution is 2.21. The maximum atomic E-state index is 12.1. The van der Waals surface area contributed by atoms with Gasteiger partial charge in [-0.25, -0.2) is 0 Å². The van der Waals surface area contributed by atoms with E-state index >= 15 is 0 Å². The number of halogens is 1. The lowest BCUT2D eigenvalue weighted by Crippen LogP contribution is -2.20. The number of hydrogen-bond acceptors (Lipinski definition) is 3. The molecule has 0 aliphatic carbocycles. The summed E-state index contributed by atoms with van der Waals surface area (Å²) in [6.07, 6.45) is 0. The smallest absolute Gasteiger partial charge is 0.246 e. The van der Waals surface area contributed by atoms with Gasteiger partial charge in [-0.1, -0.05) is 12.1 Å². The molecule has 2 rings (SSSR count). The van der Waals surface area contributed by atoms with E-state index in [1.807, 2.05) is 38.1 Å². The van der Waals surface area contributed by atoms with E-state index in [0.29, 0.717) is 6.54 Å². The van der Waals surface area contributed by atoms with E-state index in [9.17, 15) is 4.79 Å². The van der Waals surface area contributed by atoms with E-state index < -0.39 is 0 Å². The van der Waals surface area contributed by atoms with Crippen LogP contribution in [0.2, 0.25) is 0 Å². The highest BCUT2D eigenvalue weighted by Gasteiger charge is 2.13. The first-order valence-electron chi connectivity index (χ1n) is 6.30. The minimum Gasteiger partial charge on any atom is -0.326 e. The van der Waals surface area contributed by atoms with Crippen molar-refractivity contribution in [1.82, 2.24) is 9.78 Å². The summed E-state index contributed by atoms with van der Waals surface area (Å²) < 4.78 is 2.54. The SMILES string of the molecule is Cc1nn(CC(=O)Nc2ccccc2Br)c(C)c1CN. The van der Waals surface area contributed by atoms with Gasteiger partial charge >= 0.3 is 0 Å². The van der Waals surface area contributed by atoms with Crippen LogP contribution in [0, 0.1) is 13.8 Å². The van der Waals surface area contributed by atoms with Crippen LogP contribution in [-0.2, 0) is 17.9 Å². The molecule has 1 aromatic carbocycles.